The summed E-state index contributed by atoms with van der Waals surface area (Å²) in [6.07, 6.45) is 2.50. The van der Waals surface area contributed by atoms with Crippen LogP contribution >= 0.6 is 11.8 Å². The third kappa shape index (κ3) is 4.91. The lowest BCUT2D eigenvalue weighted by Gasteiger charge is -2.23. The monoisotopic (exact) mass is 469 g/mol. The molecule has 1 amide bonds. The summed E-state index contributed by atoms with van der Waals surface area (Å²) in [6, 6.07) is 16.0. The quantitative estimate of drug-likeness (QED) is 0.512. The summed E-state index contributed by atoms with van der Waals surface area (Å²) in [5.74, 6) is 0.311. The smallest absolute Gasteiger partial charge is 0.233 e. The molecular weight excluding hydrogens is 442 g/mol. The molecule has 32 heavy (non-hydrogen) atoms. The summed E-state index contributed by atoms with van der Waals surface area (Å²) in [5.41, 5.74) is 5.29. The van der Waals surface area contributed by atoms with E-state index >= 15 is 0 Å². The third-order valence-electron chi connectivity index (χ3n) is 5.98. The Kier molecular flexibility index (Phi) is 6.44. The number of thioether (sulfide) groups is 1. The molecule has 0 bridgehead atoms. The SMILES string of the molecule is Cc1ccc(-c2cn(-c3ccccc3)c(SCC(=O)N(C)[C@@H]3CCS(=O)(=O)C3)n2)cc1C. The van der Waals surface area contributed by atoms with Gasteiger partial charge in [-0.1, -0.05) is 42.1 Å². The highest BCUT2D eigenvalue weighted by Gasteiger charge is 2.32. The molecule has 0 aliphatic carbocycles. The summed E-state index contributed by atoms with van der Waals surface area (Å²) in [5, 5.41) is 0.727. The van der Waals surface area contributed by atoms with Gasteiger partial charge in [0.2, 0.25) is 5.91 Å². The molecule has 1 aliphatic rings. The molecule has 1 fully saturated rings. The molecule has 1 atom stereocenters. The van der Waals surface area contributed by atoms with Gasteiger partial charge in [-0.3, -0.25) is 9.36 Å². The summed E-state index contributed by atoms with van der Waals surface area (Å²) < 4.78 is 25.6. The van der Waals surface area contributed by atoms with E-state index in [9.17, 15) is 13.2 Å². The Morgan fingerprint density at radius 3 is 2.56 bits per heavy atom. The number of nitrogens with zero attached hydrogens (tertiary/aromatic N) is 3. The Morgan fingerprint density at radius 2 is 1.91 bits per heavy atom. The molecule has 8 heteroatoms. The Balaban J connectivity index is 1.57. The van der Waals surface area contributed by atoms with Gasteiger partial charge in [-0.25, -0.2) is 13.4 Å². The average molecular weight is 470 g/mol. The molecule has 0 unspecified atom stereocenters. The van der Waals surface area contributed by atoms with Gasteiger partial charge >= 0.3 is 0 Å². The Morgan fingerprint density at radius 1 is 1.16 bits per heavy atom. The molecule has 168 valence electrons. The van der Waals surface area contributed by atoms with E-state index in [1.165, 1.54) is 22.9 Å². The fourth-order valence-corrected chi connectivity index (χ4v) is 6.48. The topological polar surface area (TPSA) is 72.3 Å². The van der Waals surface area contributed by atoms with Gasteiger partial charge in [0.1, 0.15) is 0 Å². The maximum Gasteiger partial charge on any atom is 0.233 e. The number of amides is 1. The minimum atomic E-state index is -3.03. The highest BCUT2D eigenvalue weighted by Crippen LogP contribution is 2.29. The van der Waals surface area contributed by atoms with Gasteiger partial charge in [0.05, 0.1) is 23.0 Å². The number of carbonyl (C=O) groups excluding carboxylic acids is 1. The first-order valence-electron chi connectivity index (χ1n) is 10.5. The lowest BCUT2D eigenvalue weighted by molar-refractivity contribution is -0.128. The van der Waals surface area contributed by atoms with E-state index in [1.54, 1.807) is 11.9 Å². The van der Waals surface area contributed by atoms with Crippen molar-refractivity contribution in [2.45, 2.75) is 31.5 Å². The first kappa shape index (κ1) is 22.6. The Bertz CT molecular complexity index is 1240. The molecular formula is C24H27N3O3S2. The number of aromatic nitrogens is 2. The van der Waals surface area contributed by atoms with Crippen molar-refractivity contribution in [2.24, 2.45) is 0 Å². The third-order valence-corrected chi connectivity index (χ3v) is 8.67. The summed E-state index contributed by atoms with van der Waals surface area (Å²) >= 11 is 1.37. The maximum atomic E-state index is 12.8. The van der Waals surface area contributed by atoms with Gasteiger partial charge in [0.25, 0.3) is 0 Å². The first-order chi connectivity index (χ1) is 15.2. The van der Waals surface area contributed by atoms with Crippen molar-refractivity contribution < 1.29 is 13.2 Å². The average Bonchev–Trinajstić information content (AvgIpc) is 3.37. The van der Waals surface area contributed by atoms with Crippen LogP contribution in [0.5, 0.6) is 0 Å². The van der Waals surface area contributed by atoms with Crippen LogP contribution in [0.15, 0.2) is 59.9 Å². The second-order valence-electron chi connectivity index (χ2n) is 8.26. The Hall–Kier alpha value is -2.58. The number of benzene rings is 2. The molecule has 1 aliphatic heterocycles. The zero-order valence-corrected chi connectivity index (χ0v) is 20.1. The maximum absolute atomic E-state index is 12.8. The number of imidazole rings is 1. The second kappa shape index (κ2) is 9.11. The van der Waals surface area contributed by atoms with Crippen LogP contribution in [0.2, 0.25) is 0 Å². The van der Waals surface area contributed by atoms with Crippen molar-refractivity contribution in [1.29, 1.82) is 0 Å². The van der Waals surface area contributed by atoms with Crippen LogP contribution in [-0.4, -0.2) is 59.1 Å². The van der Waals surface area contributed by atoms with E-state index < -0.39 is 9.84 Å². The largest absolute Gasteiger partial charge is 0.341 e. The number of sulfone groups is 1. The number of hydrogen-bond donors (Lipinski definition) is 0. The Labute approximate surface area is 193 Å². The van der Waals surface area contributed by atoms with Gasteiger partial charge in [-0.05, 0) is 49.6 Å². The van der Waals surface area contributed by atoms with Crippen LogP contribution in [0.3, 0.4) is 0 Å². The van der Waals surface area contributed by atoms with Gasteiger partial charge in [0.15, 0.2) is 15.0 Å². The van der Waals surface area contributed by atoms with E-state index in [1.807, 2.05) is 41.1 Å². The van der Waals surface area contributed by atoms with Gasteiger partial charge in [-0.2, -0.15) is 0 Å². The second-order valence-corrected chi connectivity index (χ2v) is 11.4. The van der Waals surface area contributed by atoms with E-state index in [2.05, 4.69) is 32.0 Å². The minimum Gasteiger partial charge on any atom is -0.341 e. The molecule has 0 saturated carbocycles. The molecule has 3 aromatic rings. The van der Waals surface area contributed by atoms with Gasteiger partial charge in [0, 0.05) is 30.5 Å². The summed E-state index contributed by atoms with van der Waals surface area (Å²) in [4.78, 5) is 19.2. The fourth-order valence-electron chi connectivity index (χ4n) is 3.79. The van der Waals surface area contributed by atoms with Crippen molar-refractivity contribution in [3.05, 3.63) is 65.9 Å². The van der Waals surface area contributed by atoms with Crippen LogP contribution in [0.4, 0.5) is 0 Å². The highest BCUT2D eigenvalue weighted by molar-refractivity contribution is 7.99. The predicted molar refractivity (Wildman–Crippen MR) is 129 cm³/mol. The number of rotatable bonds is 6. The van der Waals surface area contributed by atoms with E-state index in [0.29, 0.717) is 6.42 Å². The van der Waals surface area contributed by atoms with Crippen LogP contribution in [0, 0.1) is 13.8 Å². The number of aryl methyl sites for hydroxylation is 2. The van der Waals surface area contributed by atoms with Crippen molar-refractivity contribution in [3.63, 3.8) is 0 Å². The summed E-state index contributed by atoms with van der Waals surface area (Å²) in [6.45, 7) is 4.17. The van der Waals surface area contributed by atoms with Crippen molar-refractivity contribution in [1.82, 2.24) is 14.5 Å². The molecule has 4 rings (SSSR count). The zero-order chi connectivity index (χ0) is 22.9. The molecule has 0 spiro atoms. The van der Waals surface area contributed by atoms with Crippen molar-refractivity contribution in [2.75, 3.05) is 24.3 Å². The first-order valence-corrected chi connectivity index (χ1v) is 13.4. The number of para-hydroxylation sites is 1. The normalized spacial score (nSPS) is 17.4. The van der Waals surface area contributed by atoms with Crippen molar-refractivity contribution >= 4 is 27.5 Å². The summed E-state index contributed by atoms with van der Waals surface area (Å²) in [7, 11) is -1.34. The lowest BCUT2D eigenvalue weighted by atomic mass is 10.0. The molecule has 1 saturated heterocycles. The zero-order valence-electron chi connectivity index (χ0n) is 18.5. The van der Waals surface area contributed by atoms with Crippen molar-refractivity contribution in [3.8, 4) is 16.9 Å². The lowest BCUT2D eigenvalue weighted by Crippen LogP contribution is -2.38. The van der Waals surface area contributed by atoms with Crippen LogP contribution in [0.25, 0.3) is 16.9 Å². The van der Waals surface area contributed by atoms with Gasteiger partial charge < -0.3 is 4.90 Å². The fraction of sp³-hybridized carbons (Fsp3) is 0.333. The molecule has 6 nitrogen and oxygen atoms in total. The van der Waals surface area contributed by atoms with E-state index in [0.717, 1.165) is 22.1 Å². The molecule has 2 aromatic carbocycles. The molecule has 1 aromatic heterocycles. The molecule has 2 heterocycles. The van der Waals surface area contributed by atoms with Gasteiger partial charge in [-0.15, -0.1) is 0 Å². The molecule has 0 N–H and O–H groups in total. The number of carbonyl (C=O) groups is 1. The van der Waals surface area contributed by atoms with E-state index in [4.69, 9.17) is 4.98 Å². The minimum absolute atomic E-state index is 0.0511. The highest BCUT2D eigenvalue weighted by atomic mass is 32.2. The molecule has 0 radical (unpaired) electrons. The standard InChI is InChI=1S/C24H27N3O3S2/c1-17-9-10-19(13-18(17)2)22-14-27(20-7-5-4-6-8-20)24(25-22)31-15-23(28)26(3)21-11-12-32(29,30)16-21/h4-10,13-14,21H,11-12,15-16H2,1-3H3/t21-/m1/s1. The number of hydrogen-bond acceptors (Lipinski definition) is 5. The predicted octanol–water partition coefficient (Wildman–Crippen LogP) is 3.89. The van der Waals surface area contributed by atoms with Crippen LogP contribution in [0.1, 0.15) is 17.5 Å². The van der Waals surface area contributed by atoms with Crippen LogP contribution < -0.4 is 0 Å². The van der Waals surface area contributed by atoms with E-state index in [-0.39, 0.29) is 29.2 Å². The van der Waals surface area contributed by atoms with Crippen LogP contribution in [-0.2, 0) is 14.6 Å².